The zero-order chi connectivity index (χ0) is 16.2. The molecule has 8 heteroatoms. The number of hydrogen-bond acceptors (Lipinski definition) is 6. The van der Waals surface area contributed by atoms with E-state index in [-0.39, 0.29) is 23.9 Å². The number of rotatable bonds is 7. The molecule has 0 spiro atoms. The summed E-state index contributed by atoms with van der Waals surface area (Å²) in [5.41, 5.74) is 5.53. The van der Waals surface area contributed by atoms with Crippen LogP contribution in [0.4, 0.5) is 0 Å². The fourth-order valence-corrected chi connectivity index (χ4v) is 1.98. The quantitative estimate of drug-likeness (QED) is 0.782. The number of carbonyl (C=O) groups excluding carboxylic acids is 2. The van der Waals surface area contributed by atoms with Crippen LogP contribution in [0.1, 0.15) is 39.7 Å². The number of para-hydroxylation sites is 1. The van der Waals surface area contributed by atoms with Gasteiger partial charge in [0.25, 0.3) is 5.91 Å². The largest absolute Gasteiger partial charge is 0.485 e. The molecule has 23 heavy (non-hydrogen) atoms. The molecule has 1 aliphatic rings. The Morgan fingerprint density at radius 3 is 2.87 bits per heavy atom. The van der Waals surface area contributed by atoms with Crippen molar-refractivity contribution >= 4 is 11.8 Å². The minimum atomic E-state index is -0.589. The first kappa shape index (κ1) is 15.0. The molecule has 2 amide bonds. The Morgan fingerprint density at radius 2 is 2.13 bits per heavy atom. The Kier molecular flexibility index (Phi) is 4.22. The zero-order valence-corrected chi connectivity index (χ0v) is 12.3. The van der Waals surface area contributed by atoms with Crippen molar-refractivity contribution in [2.45, 2.75) is 19.4 Å². The summed E-state index contributed by atoms with van der Waals surface area (Å²) in [6.07, 6.45) is 2.28. The fraction of sp³-hybridized carbons (Fsp3) is 0.333. The third kappa shape index (κ3) is 3.85. The van der Waals surface area contributed by atoms with Crippen molar-refractivity contribution in [3.05, 3.63) is 41.5 Å². The van der Waals surface area contributed by atoms with Gasteiger partial charge in [0.1, 0.15) is 5.75 Å². The first-order chi connectivity index (χ1) is 11.1. The maximum absolute atomic E-state index is 11.8. The fourth-order valence-electron chi connectivity index (χ4n) is 1.98. The van der Waals surface area contributed by atoms with Crippen molar-refractivity contribution in [1.82, 2.24) is 15.5 Å². The second kappa shape index (κ2) is 6.47. The molecule has 0 bridgehead atoms. The van der Waals surface area contributed by atoms with Crippen LogP contribution in [0.2, 0.25) is 0 Å². The minimum Gasteiger partial charge on any atom is -0.485 e. The molecule has 0 saturated heterocycles. The van der Waals surface area contributed by atoms with Crippen LogP contribution in [0.5, 0.6) is 5.75 Å². The minimum absolute atomic E-state index is 0.0380. The summed E-state index contributed by atoms with van der Waals surface area (Å²) in [6, 6.07) is 6.58. The van der Waals surface area contributed by atoms with Gasteiger partial charge in [-0.15, -0.1) is 0 Å². The lowest BCUT2D eigenvalue weighted by Crippen LogP contribution is -2.25. The molecule has 1 aliphatic carbocycles. The second-order valence-electron chi connectivity index (χ2n) is 5.32. The van der Waals surface area contributed by atoms with Gasteiger partial charge in [0.2, 0.25) is 5.82 Å². The van der Waals surface area contributed by atoms with Crippen LogP contribution in [-0.4, -0.2) is 28.5 Å². The number of primary amides is 1. The molecule has 1 aromatic heterocycles. The normalized spacial score (nSPS) is 13.6. The van der Waals surface area contributed by atoms with Crippen LogP contribution in [0.3, 0.4) is 0 Å². The van der Waals surface area contributed by atoms with Gasteiger partial charge in [-0.2, -0.15) is 4.98 Å². The summed E-state index contributed by atoms with van der Waals surface area (Å²) in [5.74, 6) is 0.00911. The predicted molar refractivity (Wildman–Crippen MR) is 78.6 cm³/mol. The molecule has 120 valence electrons. The SMILES string of the molecule is NC(=O)c1ccccc1OCc1noc(C(=O)NCC2CC2)n1. The van der Waals surface area contributed by atoms with Crippen LogP contribution in [-0.2, 0) is 6.61 Å². The van der Waals surface area contributed by atoms with E-state index in [0.29, 0.717) is 18.2 Å². The second-order valence-corrected chi connectivity index (χ2v) is 5.32. The summed E-state index contributed by atoms with van der Waals surface area (Å²) >= 11 is 0. The molecule has 0 radical (unpaired) electrons. The lowest BCUT2D eigenvalue weighted by Gasteiger charge is -2.06. The maximum atomic E-state index is 11.8. The molecule has 1 saturated carbocycles. The van der Waals surface area contributed by atoms with Gasteiger partial charge in [-0.3, -0.25) is 9.59 Å². The Hall–Kier alpha value is -2.90. The van der Waals surface area contributed by atoms with E-state index in [4.69, 9.17) is 15.0 Å². The average molecular weight is 316 g/mol. The van der Waals surface area contributed by atoms with Gasteiger partial charge in [-0.05, 0) is 30.9 Å². The molecular weight excluding hydrogens is 300 g/mol. The molecule has 1 heterocycles. The third-order valence-corrected chi connectivity index (χ3v) is 3.42. The zero-order valence-electron chi connectivity index (χ0n) is 12.3. The van der Waals surface area contributed by atoms with E-state index in [0.717, 1.165) is 12.8 Å². The Labute approximate surface area is 132 Å². The van der Waals surface area contributed by atoms with Crippen molar-refractivity contribution < 1.29 is 18.8 Å². The topological polar surface area (TPSA) is 120 Å². The average Bonchev–Trinajstić information content (AvgIpc) is 3.26. The first-order valence-corrected chi connectivity index (χ1v) is 7.26. The van der Waals surface area contributed by atoms with Crippen LogP contribution < -0.4 is 15.8 Å². The number of aromatic nitrogens is 2. The number of amides is 2. The van der Waals surface area contributed by atoms with Crippen LogP contribution >= 0.6 is 0 Å². The van der Waals surface area contributed by atoms with Crippen molar-refractivity contribution in [2.24, 2.45) is 11.7 Å². The Morgan fingerprint density at radius 1 is 1.35 bits per heavy atom. The van der Waals surface area contributed by atoms with Crippen LogP contribution in [0.25, 0.3) is 0 Å². The molecule has 3 rings (SSSR count). The summed E-state index contributed by atoms with van der Waals surface area (Å²) in [5, 5.41) is 6.42. The first-order valence-electron chi connectivity index (χ1n) is 7.26. The summed E-state index contributed by atoms with van der Waals surface area (Å²) in [7, 11) is 0. The Bertz CT molecular complexity index is 724. The maximum Gasteiger partial charge on any atom is 0.316 e. The number of benzene rings is 1. The summed E-state index contributed by atoms with van der Waals surface area (Å²) in [4.78, 5) is 27.1. The number of carbonyl (C=O) groups is 2. The van der Waals surface area contributed by atoms with E-state index in [2.05, 4.69) is 15.5 Å². The number of ether oxygens (including phenoxy) is 1. The van der Waals surface area contributed by atoms with E-state index >= 15 is 0 Å². The third-order valence-electron chi connectivity index (χ3n) is 3.42. The summed E-state index contributed by atoms with van der Waals surface area (Å²) < 4.78 is 10.4. The molecule has 8 nitrogen and oxygen atoms in total. The summed E-state index contributed by atoms with van der Waals surface area (Å²) in [6.45, 7) is 0.586. The van der Waals surface area contributed by atoms with E-state index in [1.165, 1.54) is 0 Å². The highest BCUT2D eigenvalue weighted by Gasteiger charge is 2.23. The highest BCUT2D eigenvalue weighted by atomic mass is 16.5. The van der Waals surface area contributed by atoms with Gasteiger partial charge < -0.3 is 20.3 Å². The van der Waals surface area contributed by atoms with E-state index in [9.17, 15) is 9.59 Å². The molecule has 1 aromatic carbocycles. The van der Waals surface area contributed by atoms with Gasteiger partial charge in [0, 0.05) is 6.54 Å². The molecule has 0 atom stereocenters. The van der Waals surface area contributed by atoms with Gasteiger partial charge in [-0.1, -0.05) is 17.3 Å². The molecule has 2 aromatic rings. The molecular formula is C15H16N4O4. The molecule has 0 unspecified atom stereocenters. The smallest absolute Gasteiger partial charge is 0.316 e. The van der Waals surface area contributed by atoms with Crippen LogP contribution in [0, 0.1) is 5.92 Å². The number of nitrogens with zero attached hydrogens (tertiary/aromatic N) is 2. The standard InChI is InChI=1S/C15H16N4O4/c16-13(20)10-3-1-2-4-11(10)22-8-12-18-15(23-19-12)14(21)17-7-9-5-6-9/h1-4,9H,5-8H2,(H2,16,20)(H,17,21). The van der Waals surface area contributed by atoms with Crippen molar-refractivity contribution in [3.63, 3.8) is 0 Å². The molecule has 0 aliphatic heterocycles. The lowest BCUT2D eigenvalue weighted by atomic mass is 10.2. The molecule has 3 N–H and O–H groups in total. The van der Waals surface area contributed by atoms with Gasteiger partial charge in [0.05, 0.1) is 5.56 Å². The van der Waals surface area contributed by atoms with Gasteiger partial charge in [-0.25, -0.2) is 0 Å². The van der Waals surface area contributed by atoms with Crippen molar-refractivity contribution in [2.75, 3.05) is 6.54 Å². The number of nitrogens with one attached hydrogen (secondary N) is 1. The highest BCUT2D eigenvalue weighted by Crippen LogP contribution is 2.27. The van der Waals surface area contributed by atoms with E-state index in [1.807, 2.05) is 0 Å². The van der Waals surface area contributed by atoms with Crippen molar-refractivity contribution in [3.8, 4) is 5.75 Å². The lowest BCUT2D eigenvalue weighted by molar-refractivity contribution is 0.0907. The van der Waals surface area contributed by atoms with E-state index < -0.39 is 11.8 Å². The van der Waals surface area contributed by atoms with Gasteiger partial charge >= 0.3 is 11.8 Å². The van der Waals surface area contributed by atoms with Gasteiger partial charge in [0.15, 0.2) is 6.61 Å². The predicted octanol–water partition coefficient (Wildman–Crippen LogP) is 0.887. The van der Waals surface area contributed by atoms with Crippen LogP contribution in [0.15, 0.2) is 28.8 Å². The number of nitrogens with two attached hydrogens (primary N) is 1. The van der Waals surface area contributed by atoms with Crippen molar-refractivity contribution in [1.29, 1.82) is 0 Å². The van der Waals surface area contributed by atoms with E-state index in [1.54, 1.807) is 24.3 Å². The molecule has 1 fully saturated rings. The number of hydrogen-bond donors (Lipinski definition) is 2. The Balaban J connectivity index is 1.58. The highest BCUT2D eigenvalue weighted by molar-refractivity contribution is 5.95. The monoisotopic (exact) mass is 316 g/mol.